The van der Waals surface area contributed by atoms with Crippen LogP contribution in [-0.4, -0.2) is 59.9 Å². The summed E-state index contributed by atoms with van der Waals surface area (Å²) < 4.78 is 25.9. The molecule has 9 heteroatoms. The number of piperazine rings is 1. The summed E-state index contributed by atoms with van der Waals surface area (Å²) in [5, 5.41) is 9.02. The molecule has 1 atom stereocenters. The Morgan fingerprint density at radius 3 is 2.49 bits per heavy atom. The lowest BCUT2D eigenvalue weighted by Crippen LogP contribution is -2.56. The van der Waals surface area contributed by atoms with Crippen molar-refractivity contribution < 1.29 is 13.2 Å². The maximum Gasteiger partial charge on any atom is 0.241 e. The summed E-state index contributed by atoms with van der Waals surface area (Å²) in [6.07, 6.45) is 5.23. The fourth-order valence-electron chi connectivity index (χ4n) is 4.38. The second-order valence-electron chi connectivity index (χ2n) is 9.14. The highest BCUT2D eigenvalue weighted by Crippen LogP contribution is 2.24. The normalized spacial score (nSPS) is 16.1. The first-order chi connectivity index (χ1) is 17.7. The van der Waals surface area contributed by atoms with E-state index in [4.69, 9.17) is 5.26 Å². The Balaban J connectivity index is 0.00000186. The molecule has 1 aliphatic heterocycles. The fraction of sp³-hybridized carbons (Fsp3) is 0.393. The summed E-state index contributed by atoms with van der Waals surface area (Å²) in [4.78, 5) is 21.3. The van der Waals surface area contributed by atoms with Crippen LogP contribution >= 0.6 is 0 Å². The third-order valence-electron chi connectivity index (χ3n) is 6.28. The number of hydrogen-bond acceptors (Lipinski definition) is 6. The van der Waals surface area contributed by atoms with Crippen LogP contribution < -0.4 is 4.90 Å². The standard InChI is InChI=1S/C26H29N5O3S.C2H6/c1-20-4-3-5-23(12-20)31-17-24(10-11-35(2,33)34)29(18-26(31)32)16-25-14-28-19-30(25)15-22-8-6-21(13-27)7-9-22;1-2/h3-9,12,14,19,24H,10-11,15-18H2,1-2H3;1-2H3. The van der Waals surface area contributed by atoms with Crippen LogP contribution in [0.25, 0.3) is 0 Å². The number of rotatable bonds is 8. The molecule has 1 aliphatic rings. The van der Waals surface area contributed by atoms with Crippen LogP contribution in [0.1, 0.15) is 42.7 Å². The highest BCUT2D eigenvalue weighted by atomic mass is 32.2. The zero-order valence-corrected chi connectivity index (χ0v) is 22.8. The number of nitrogens with zero attached hydrogens (tertiary/aromatic N) is 5. The molecule has 0 N–H and O–H groups in total. The van der Waals surface area contributed by atoms with Gasteiger partial charge in [0, 0.05) is 43.8 Å². The summed E-state index contributed by atoms with van der Waals surface area (Å²) in [5.74, 6) is 0.0542. The maximum absolute atomic E-state index is 13.1. The van der Waals surface area contributed by atoms with Crippen LogP contribution in [0, 0.1) is 18.3 Å². The molecule has 196 valence electrons. The molecule has 2 heterocycles. The molecule has 1 saturated heterocycles. The number of nitriles is 1. The largest absolute Gasteiger partial charge is 0.329 e. The van der Waals surface area contributed by atoms with Crippen LogP contribution in [0.3, 0.4) is 0 Å². The molecule has 1 aromatic heterocycles. The number of aryl methyl sites for hydroxylation is 1. The van der Waals surface area contributed by atoms with Gasteiger partial charge in [-0.3, -0.25) is 9.69 Å². The molecule has 0 bridgehead atoms. The van der Waals surface area contributed by atoms with Crippen LogP contribution in [0.15, 0.2) is 61.1 Å². The number of imidazole rings is 1. The molecular formula is C28H35N5O3S. The van der Waals surface area contributed by atoms with Gasteiger partial charge in [-0.25, -0.2) is 13.4 Å². The lowest BCUT2D eigenvalue weighted by Gasteiger charge is -2.41. The molecule has 37 heavy (non-hydrogen) atoms. The van der Waals surface area contributed by atoms with Gasteiger partial charge in [-0.05, 0) is 48.7 Å². The smallest absolute Gasteiger partial charge is 0.241 e. The number of aromatic nitrogens is 2. The number of sulfone groups is 1. The van der Waals surface area contributed by atoms with Gasteiger partial charge in [-0.1, -0.05) is 38.1 Å². The van der Waals surface area contributed by atoms with E-state index in [1.807, 2.05) is 61.7 Å². The minimum atomic E-state index is -3.14. The second kappa shape index (κ2) is 12.7. The fourth-order valence-corrected chi connectivity index (χ4v) is 5.08. The van der Waals surface area contributed by atoms with Gasteiger partial charge >= 0.3 is 0 Å². The maximum atomic E-state index is 13.1. The molecule has 4 rings (SSSR count). The summed E-state index contributed by atoms with van der Waals surface area (Å²) in [6.45, 7) is 7.69. The van der Waals surface area contributed by atoms with E-state index in [1.54, 1.807) is 29.6 Å². The van der Waals surface area contributed by atoms with Crippen molar-refractivity contribution in [2.45, 2.75) is 46.3 Å². The van der Waals surface area contributed by atoms with E-state index < -0.39 is 9.84 Å². The van der Waals surface area contributed by atoms with Crippen molar-refractivity contribution >= 4 is 21.4 Å². The summed E-state index contributed by atoms with van der Waals surface area (Å²) in [7, 11) is -3.14. The van der Waals surface area contributed by atoms with Crippen molar-refractivity contribution in [3.63, 3.8) is 0 Å². The molecular weight excluding hydrogens is 486 g/mol. The van der Waals surface area contributed by atoms with E-state index in [1.165, 1.54) is 6.26 Å². The quantitative estimate of drug-likeness (QED) is 0.447. The van der Waals surface area contributed by atoms with E-state index in [9.17, 15) is 13.2 Å². The zero-order valence-electron chi connectivity index (χ0n) is 22.0. The second-order valence-corrected chi connectivity index (χ2v) is 11.4. The molecule has 0 radical (unpaired) electrons. The third-order valence-corrected chi connectivity index (χ3v) is 7.26. The van der Waals surface area contributed by atoms with Gasteiger partial charge < -0.3 is 9.47 Å². The van der Waals surface area contributed by atoms with Gasteiger partial charge in [0.05, 0.1) is 36.0 Å². The first-order valence-corrected chi connectivity index (χ1v) is 14.5. The van der Waals surface area contributed by atoms with E-state index in [0.29, 0.717) is 31.6 Å². The van der Waals surface area contributed by atoms with Gasteiger partial charge in [-0.15, -0.1) is 0 Å². The van der Waals surface area contributed by atoms with E-state index in [0.717, 1.165) is 22.5 Å². The molecule has 1 fully saturated rings. The van der Waals surface area contributed by atoms with Crippen LogP contribution in [0.4, 0.5) is 5.69 Å². The first-order valence-electron chi connectivity index (χ1n) is 12.5. The third kappa shape index (κ3) is 7.75. The highest BCUT2D eigenvalue weighted by Gasteiger charge is 2.33. The Morgan fingerprint density at radius 2 is 1.84 bits per heavy atom. The van der Waals surface area contributed by atoms with E-state index >= 15 is 0 Å². The minimum absolute atomic E-state index is 0.00985. The van der Waals surface area contributed by atoms with Crippen molar-refractivity contribution in [3.8, 4) is 6.07 Å². The number of amides is 1. The summed E-state index contributed by atoms with van der Waals surface area (Å²) >= 11 is 0. The van der Waals surface area contributed by atoms with Crippen molar-refractivity contribution in [2.75, 3.05) is 30.0 Å². The van der Waals surface area contributed by atoms with Gasteiger partial charge in [0.25, 0.3) is 0 Å². The number of anilines is 1. The van der Waals surface area contributed by atoms with Crippen LogP contribution in [-0.2, 0) is 27.7 Å². The van der Waals surface area contributed by atoms with E-state index in [2.05, 4.69) is 16.0 Å². The monoisotopic (exact) mass is 521 g/mol. The number of hydrogen-bond donors (Lipinski definition) is 0. The molecule has 0 saturated carbocycles. The molecule has 1 amide bonds. The SMILES string of the molecule is CC.Cc1cccc(N2CC(CCS(C)(=O)=O)N(Cc3cncn3Cc3ccc(C#N)cc3)CC2=O)c1. The number of benzene rings is 2. The molecule has 0 aliphatic carbocycles. The van der Waals surface area contributed by atoms with Gasteiger partial charge in [0.2, 0.25) is 5.91 Å². The Bertz CT molecular complexity index is 1340. The number of carbonyl (C=O) groups is 1. The van der Waals surface area contributed by atoms with Crippen LogP contribution in [0.5, 0.6) is 0 Å². The summed E-state index contributed by atoms with van der Waals surface area (Å²) in [6, 6.07) is 17.2. The lowest BCUT2D eigenvalue weighted by molar-refractivity contribution is -0.122. The van der Waals surface area contributed by atoms with Crippen molar-refractivity contribution in [2.24, 2.45) is 0 Å². The minimum Gasteiger partial charge on any atom is -0.329 e. The molecule has 3 aromatic rings. The van der Waals surface area contributed by atoms with Gasteiger partial charge in [0.15, 0.2) is 0 Å². The molecule has 2 aromatic carbocycles. The Labute approximate surface area is 220 Å². The average Bonchev–Trinajstić information content (AvgIpc) is 3.31. The lowest BCUT2D eigenvalue weighted by atomic mass is 10.1. The van der Waals surface area contributed by atoms with Crippen molar-refractivity contribution in [1.29, 1.82) is 5.26 Å². The molecule has 1 unspecified atom stereocenters. The van der Waals surface area contributed by atoms with Gasteiger partial charge in [0.1, 0.15) is 9.84 Å². The topological polar surface area (TPSA) is 99.3 Å². The predicted octanol–water partition coefficient (Wildman–Crippen LogP) is 3.79. The Hall–Kier alpha value is -3.48. The first kappa shape index (κ1) is 28.1. The van der Waals surface area contributed by atoms with Gasteiger partial charge in [-0.2, -0.15) is 5.26 Å². The number of carbonyl (C=O) groups excluding carboxylic acids is 1. The zero-order chi connectivity index (χ0) is 27.0. The Morgan fingerprint density at radius 1 is 1.11 bits per heavy atom. The molecule has 8 nitrogen and oxygen atoms in total. The Kier molecular flexibility index (Phi) is 9.61. The average molecular weight is 522 g/mol. The van der Waals surface area contributed by atoms with E-state index in [-0.39, 0.29) is 24.2 Å². The predicted molar refractivity (Wildman–Crippen MR) is 146 cm³/mol. The highest BCUT2D eigenvalue weighted by molar-refractivity contribution is 7.90. The van der Waals surface area contributed by atoms with Crippen molar-refractivity contribution in [1.82, 2.24) is 14.5 Å². The molecule has 0 spiro atoms. The van der Waals surface area contributed by atoms with Crippen LogP contribution in [0.2, 0.25) is 0 Å². The van der Waals surface area contributed by atoms with Crippen molar-refractivity contribution in [3.05, 3.63) is 83.4 Å². The summed E-state index contributed by atoms with van der Waals surface area (Å²) in [5.41, 5.74) is 4.49.